The molecule has 0 unspecified atom stereocenters. The van der Waals surface area contributed by atoms with Gasteiger partial charge in [0.05, 0.1) is 6.10 Å². The van der Waals surface area contributed by atoms with Gasteiger partial charge in [-0.25, -0.2) is 4.79 Å². The maximum absolute atomic E-state index is 11.2. The van der Waals surface area contributed by atoms with Gasteiger partial charge in [-0.1, -0.05) is 12.1 Å². The maximum Gasteiger partial charge on any atom is 0.407 e. The van der Waals surface area contributed by atoms with Crippen molar-refractivity contribution in [1.82, 2.24) is 5.32 Å². The first-order chi connectivity index (χ1) is 11.8. The third-order valence-electron chi connectivity index (χ3n) is 3.76. The summed E-state index contributed by atoms with van der Waals surface area (Å²) >= 11 is 0. The molecular formula is C16H23NO8. The van der Waals surface area contributed by atoms with Crippen LogP contribution in [0.3, 0.4) is 0 Å². The highest BCUT2D eigenvalue weighted by Gasteiger charge is 2.54. The van der Waals surface area contributed by atoms with Crippen molar-refractivity contribution in [3.63, 3.8) is 0 Å². The molecular weight excluding hydrogens is 334 g/mol. The zero-order valence-corrected chi connectivity index (χ0v) is 14.0. The average Bonchev–Trinajstić information content (AvgIpc) is 2.58. The Labute approximate surface area is 144 Å². The summed E-state index contributed by atoms with van der Waals surface area (Å²) < 4.78 is 15.3. The Balaban J connectivity index is 1.99. The zero-order chi connectivity index (χ0) is 18.6. The number of carbonyl (C=O) groups excluding carboxylic acids is 1. The number of rotatable bonds is 5. The fourth-order valence-corrected chi connectivity index (χ4v) is 2.34. The minimum atomic E-state index is -2.50. The van der Waals surface area contributed by atoms with Crippen molar-refractivity contribution in [1.29, 1.82) is 0 Å². The van der Waals surface area contributed by atoms with Crippen LogP contribution in [0, 0.1) is 0 Å². The molecule has 2 rings (SSSR count). The van der Waals surface area contributed by atoms with E-state index in [1.807, 2.05) is 0 Å². The number of aliphatic hydroxyl groups excluding tert-OH is 3. The molecule has 0 aromatic heterocycles. The molecule has 9 nitrogen and oxygen atoms in total. The van der Waals surface area contributed by atoms with Gasteiger partial charge in [-0.3, -0.25) is 0 Å². The van der Waals surface area contributed by atoms with Crippen LogP contribution in [-0.4, -0.2) is 63.5 Å². The van der Waals surface area contributed by atoms with E-state index >= 15 is 0 Å². The number of benzene rings is 1. The Morgan fingerprint density at radius 2 is 1.88 bits per heavy atom. The van der Waals surface area contributed by atoms with Gasteiger partial charge in [0.15, 0.2) is 6.10 Å². The molecule has 1 aliphatic rings. The number of amides is 1. The number of ether oxygens (including phenoxy) is 3. The molecule has 140 valence electrons. The molecule has 25 heavy (non-hydrogen) atoms. The molecule has 0 radical (unpaired) electrons. The van der Waals surface area contributed by atoms with E-state index < -0.39 is 36.5 Å². The number of alkyl carbamates (subject to hydrolysis) is 1. The quantitative estimate of drug-likeness (QED) is 0.443. The van der Waals surface area contributed by atoms with Crippen molar-refractivity contribution >= 4 is 6.09 Å². The van der Waals surface area contributed by atoms with Crippen molar-refractivity contribution in [2.45, 2.75) is 50.8 Å². The van der Waals surface area contributed by atoms with Crippen molar-refractivity contribution in [2.24, 2.45) is 0 Å². The van der Waals surface area contributed by atoms with E-state index in [-0.39, 0.29) is 12.4 Å². The average molecular weight is 357 g/mol. The van der Waals surface area contributed by atoms with Crippen LogP contribution in [0.15, 0.2) is 24.3 Å². The second-order valence-corrected chi connectivity index (χ2v) is 5.73. The van der Waals surface area contributed by atoms with Crippen molar-refractivity contribution in [3.8, 4) is 5.75 Å². The first kappa shape index (κ1) is 19.4. The standard InChI is InChI=1S/C16H23NO8/c1-3-17-15(21)23-8-10-4-6-11(7-5-10)25-16(22)14(20)13(19)12(18)9(2)24-16/h4-7,9,12-14,18-20,22H,3,8H2,1-2H3,(H,17,21)/t9-,12-,13+,14+,16+/m0/s1. The summed E-state index contributed by atoms with van der Waals surface area (Å²) in [4.78, 5) is 11.2. The topological polar surface area (TPSA) is 138 Å². The summed E-state index contributed by atoms with van der Waals surface area (Å²) in [6.45, 7) is 3.72. The molecule has 0 spiro atoms. The molecule has 0 saturated carbocycles. The zero-order valence-electron chi connectivity index (χ0n) is 14.0. The molecule has 1 aromatic rings. The van der Waals surface area contributed by atoms with Gasteiger partial charge in [0.25, 0.3) is 0 Å². The highest BCUT2D eigenvalue weighted by atomic mass is 16.8. The second-order valence-electron chi connectivity index (χ2n) is 5.73. The lowest BCUT2D eigenvalue weighted by Gasteiger charge is -2.43. The summed E-state index contributed by atoms with van der Waals surface area (Å²) in [5.74, 6) is -2.35. The molecule has 1 fully saturated rings. The second kappa shape index (κ2) is 7.98. The summed E-state index contributed by atoms with van der Waals surface area (Å²) in [5.41, 5.74) is 0.680. The van der Waals surface area contributed by atoms with Crippen LogP contribution in [0.4, 0.5) is 4.79 Å². The van der Waals surface area contributed by atoms with Crippen LogP contribution in [0.2, 0.25) is 0 Å². The highest BCUT2D eigenvalue weighted by Crippen LogP contribution is 2.30. The smallest absolute Gasteiger partial charge is 0.407 e. The molecule has 0 aliphatic carbocycles. The van der Waals surface area contributed by atoms with Gasteiger partial charge in [0.1, 0.15) is 24.6 Å². The van der Waals surface area contributed by atoms with Gasteiger partial charge >= 0.3 is 12.1 Å². The van der Waals surface area contributed by atoms with Gasteiger partial charge in [-0.15, -0.1) is 0 Å². The lowest BCUT2D eigenvalue weighted by atomic mass is 9.98. The molecule has 5 N–H and O–H groups in total. The van der Waals surface area contributed by atoms with E-state index in [2.05, 4.69) is 5.32 Å². The van der Waals surface area contributed by atoms with Crippen molar-refractivity contribution in [3.05, 3.63) is 29.8 Å². The lowest BCUT2D eigenvalue weighted by molar-refractivity contribution is -0.417. The number of nitrogens with one attached hydrogen (secondary N) is 1. The van der Waals surface area contributed by atoms with Crippen LogP contribution >= 0.6 is 0 Å². The van der Waals surface area contributed by atoms with Crippen LogP contribution in [0.5, 0.6) is 5.75 Å². The van der Waals surface area contributed by atoms with Gasteiger partial charge in [-0.05, 0) is 31.5 Å². The lowest BCUT2D eigenvalue weighted by Crippen LogP contribution is -2.66. The molecule has 9 heteroatoms. The first-order valence-corrected chi connectivity index (χ1v) is 7.89. The predicted octanol–water partition coefficient (Wildman–Crippen LogP) is -0.541. The Kier molecular flexibility index (Phi) is 6.20. The Bertz CT molecular complexity index is 580. The Morgan fingerprint density at radius 3 is 2.48 bits per heavy atom. The Morgan fingerprint density at radius 1 is 1.24 bits per heavy atom. The van der Waals surface area contributed by atoms with Crippen molar-refractivity contribution < 1.29 is 39.4 Å². The van der Waals surface area contributed by atoms with Gasteiger partial charge in [-0.2, -0.15) is 0 Å². The summed E-state index contributed by atoms with van der Waals surface area (Å²) in [6.07, 6.45) is -6.32. The number of hydrogen-bond acceptors (Lipinski definition) is 8. The maximum atomic E-state index is 11.2. The van der Waals surface area contributed by atoms with E-state index in [4.69, 9.17) is 14.2 Å². The SMILES string of the molecule is CCNC(=O)OCc1ccc(O[C@]2(O)O[C@@H](C)[C@H](O)[C@@H](O)[C@H]2O)cc1. The van der Waals surface area contributed by atoms with E-state index in [1.165, 1.54) is 19.1 Å². The van der Waals surface area contributed by atoms with Crippen LogP contribution in [-0.2, 0) is 16.1 Å². The normalized spacial score (nSPS) is 32.1. The molecule has 5 atom stereocenters. The Hall–Kier alpha value is -1.91. The van der Waals surface area contributed by atoms with E-state index in [0.717, 1.165) is 0 Å². The molecule has 0 bridgehead atoms. The molecule has 1 saturated heterocycles. The number of hydrogen-bond donors (Lipinski definition) is 5. The largest absolute Gasteiger partial charge is 0.445 e. The minimum Gasteiger partial charge on any atom is -0.445 e. The molecule has 1 aromatic carbocycles. The van der Waals surface area contributed by atoms with E-state index in [9.17, 15) is 25.2 Å². The molecule has 1 amide bonds. The summed E-state index contributed by atoms with van der Waals surface area (Å²) in [6, 6.07) is 6.16. The fraction of sp³-hybridized carbons (Fsp3) is 0.562. The number of aliphatic hydroxyl groups is 4. The highest BCUT2D eigenvalue weighted by molar-refractivity contribution is 5.67. The predicted molar refractivity (Wildman–Crippen MR) is 84.4 cm³/mol. The van der Waals surface area contributed by atoms with Gasteiger partial charge in [0.2, 0.25) is 0 Å². The van der Waals surface area contributed by atoms with Crippen LogP contribution in [0.1, 0.15) is 19.4 Å². The first-order valence-electron chi connectivity index (χ1n) is 7.89. The van der Waals surface area contributed by atoms with E-state index in [0.29, 0.717) is 12.1 Å². The third kappa shape index (κ3) is 4.59. The monoisotopic (exact) mass is 357 g/mol. The van der Waals surface area contributed by atoms with E-state index in [1.54, 1.807) is 19.1 Å². The van der Waals surface area contributed by atoms with Gasteiger partial charge in [0, 0.05) is 6.54 Å². The molecule has 1 aliphatic heterocycles. The van der Waals surface area contributed by atoms with Crippen molar-refractivity contribution in [2.75, 3.05) is 6.54 Å². The molecule has 1 heterocycles. The minimum absolute atomic E-state index is 0.0530. The van der Waals surface area contributed by atoms with Crippen LogP contribution < -0.4 is 10.1 Å². The van der Waals surface area contributed by atoms with Crippen LogP contribution in [0.25, 0.3) is 0 Å². The van der Waals surface area contributed by atoms with Gasteiger partial charge < -0.3 is 40.0 Å². The summed E-state index contributed by atoms with van der Waals surface area (Å²) in [7, 11) is 0. The fourth-order valence-electron chi connectivity index (χ4n) is 2.34. The third-order valence-corrected chi connectivity index (χ3v) is 3.76. The summed E-state index contributed by atoms with van der Waals surface area (Å²) in [5, 5.41) is 42.1. The number of carbonyl (C=O) groups is 1.